The third-order valence-corrected chi connectivity index (χ3v) is 10.1. The highest BCUT2D eigenvalue weighted by Gasteiger charge is 2.67. The third kappa shape index (κ3) is 5.45. The summed E-state index contributed by atoms with van der Waals surface area (Å²) >= 11 is 0.967. The number of rotatable bonds is 11. The minimum Gasteiger partial charge on any atom is -0.504 e. The Hall–Kier alpha value is -5.32. The number of amides is 5. The SMILES string of the molecule is CCN1CCN([C@@](NC=O)(C(=O)N[C@@H]2C(=O)N3C(C(=O)O)[C@](C)(COC(=O)c4ccc(O)c(O)c4)S[C@@H]23)c2ccccc2)C(=O)C1=O. The summed E-state index contributed by atoms with van der Waals surface area (Å²) in [6, 6.07) is 8.16. The van der Waals surface area contributed by atoms with Crippen LogP contribution in [0.3, 0.4) is 0 Å². The number of phenols is 2. The first kappa shape index (κ1) is 33.1. The summed E-state index contributed by atoms with van der Waals surface area (Å²) in [6.07, 6.45) is 0.204. The first-order chi connectivity index (χ1) is 22.3. The van der Waals surface area contributed by atoms with E-state index in [9.17, 15) is 48.9 Å². The van der Waals surface area contributed by atoms with Crippen molar-refractivity contribution in [3.63, 3.8) is 0 Å². The summed E-state index contributed by atoms with van der Waals surface area (Å²) in [7, 11) is 0. The molecule has 0 spiro atoms. The van der Waals surface area contributed by atoms with Gasteiger partial charge in [-0.05, 0) is 32.0 Å². The number of nitrogens with zero attached hydrogens (tertiary/aromatic N) is 3. The topological polar surface area (TPSA) is 223 Å². The molecule has 3 heterocycles. The van der Waals surface area contributed by atoms with Gasteiger partial charge in [-0.1, -0.05) is 30.3 Å². The number of carboxylic acids is 1. The highest BCUT2D eigenvalue weighted by atomic mass is 32.2. The molecule has 5 N–H and O–H groups in total. The first-order valence-electron chi connectivity index (χ1n) is 14.4. The predicted octanol–water partition coefficient (Wildman–Crippen LogP) is -0.844. The van der Waals surface area contributed by atoms with Crippen LogP contribution in [0.4, 0.5) is 0 Å². The largest absolute Gasteiger partial charge is 0.504 e. The summed E-state index contributed by atoms with van der Waals surface area (Å²) in [6.45, 7) is 2.85. The lowest BCUT2D eigenvalue weighted by atomic mass is 9.92. The van der Waals surface area contributed by atoms with Gasteiger partial charge in [0.1, 0.15) is 24.1 Å². The second kappa shape index (κ2) is 12.5. The van der Waals surface area contributed by atoms with Gasteiger partial charge in [-0.25, -0.2) is 9.59 Å². The van der Waals surface area contributed by atoms with E-state index >= 15 is 0 Å². The molecule has 248 valence electrons. The van der Waals surface area contributed by atoms with E-state index in [0.717, 1.165) is 33.7 Å². The lowest BCUT2D eigenvalue weighted by molar-refractivity contribution is -0.169. The average Bonchev–Trinajstić information content (AvgIpc) is 3.34. The van der Waals surface area contributed by atoms with Crippen molar-refractivity contribution in [1.29, 1.82) is 0 Å². The van der Waals surface area contributed by atoms with Crippen LogP contribution in [-0.2, 0) is 39.2 Å². The minimum atomic E-state index is -2.25. The molecule has 2 aromatic rings. The van der Waals surface area contributed by atoms with Crippen molar-refractivity contribution >= 4 is 53.7 Å². The number of benzene rings is 2. The Bertz CT molecular complexity index is 1660. The Labute approximate surface area is 271 Å². The standard InChI is InChI=1S/C30H31N5O11S/c1-3-33-11-12-34(24(41)23(33)40)30(31-15-36,17-7-5-4-6-8-17)28(45)32-20-22(39)35-21(26(42)43)29(2,47-25(20)35)14-46-27(44)16-9-10-18(37)19(38)13-16/h4-10,13,15,20-21,25,37-38H,3,11-12,14H2,1-2H3,(H,31,36)(H,32,45)(H,42,43)/t20-,21?,25+,29+,30-/m1/s1. The molecule has 3 aliphatic rings. The number of hydrogen-bond acceptors (Lipinski definition) is 11. The van der Waals surface area contributed by atoms with Crippen LogP contribution in [0.5, 0.6) is 11.5 Å². The number of nitrogens with one attached hydrogen (secondary N) is 2. The Kier molecular flexibility index (Phi) is 8.77. The normalized spacial score (nSPS) is 24.9. The molecule has 3 fully saturated rings. The summed E-state index contributed by atoms with van der Waals surface area (Å²) in [4.78, 5) is 94.3. The molecule has 2 aromatic carbocycles. The number of aromatic hydroxyl groups is 2. The van der Waals surface area contributed by atoms with Crippen LogP contribution >= 0.6 is 11.8 Å². The molecule has 3 aliphatic heterocycles. The van der Waals surface area contributed by atoms with Crippen LogP contribution in [0.2, 0.25) is 0 Å². The predicted molar refractivity (Wildman–Crippen MR) is 161 cm³/mol. The van der Waals surface area contributed by atoms with Crippen LogP contribution in [0.1, 0.15) is 29.8 Å². The molecule has 47 heavy (non-hydrogen) atoms. The van der Waals surface area contributed by atoms with Gasteiger partial charge < -0.3 is 40.5 Å². The Morgan fingerprint density at radius 2 is 1.77 bits per heavy atom. The van der Waals surface area contributed by atoms with Gasteiger partial charge in [-0.15, -0.1) is 11.8 Å². The lowest BCUT2D eigenvalue weighted by Gasteiger charge is -2.48. The van der Waals surface area contributed by atoms with Gasteiger partial charge in [0.05, 0.1) is 10.3 Å². The van der Waals surface area contributed by atoms with E-state index in [4.69, 9.17) is 4.74 Å². The zero-order valence-electron chi connectivity index (χ0n) is 25.1. The second-order valence-corrected chi connectivity index (χ2v) is 12.9. The van der Waals surface area contributed by atoms with Crippen LogP contribution < -0.4 is 10.6 Å². The van der Waals surface area contributed by atoms with E-state index < -0.39 is 81.5 Å². The summed E-state index contributed by atoms with van der Waals surface area (Å²) in [5, 5.41) is 33.4. The maximum atomic E-state index is 14.2. The minimum absolute atomic E-state index is 0.0687. The van der Waals surface area contributed by atoms with Crippen LogP contribution in [-0.4, -0.2) is 120 Å². The zero-order chi connectivity index (χ0) is 34.3. The molecular formula is C30H31N5O11S. The maximum absolute atomic E-state index is 14.2. The van der Waals surface area contributed by atoms with Crippen molar-refractivity contribution in [2.24, 2.45) is 0 Å². The number of carbonyl (C=O) groups excluding carboxylic acids is 6. The van der Waals surface area contributed by atoms with Crippen molar-refractivity contribution in [3.8, 4) is 11.5 Å². The van der Waals surface area contributed by atoms with Gasteiger partial charge >= 0.3 is 23.8 Å². The summed E-state index contributed by atoms with van der Waals surface area (Å²) in [5.74, 6) is -7.05. The number of β-lactam (4-membered cyclic amide) rings is 1. The van der Waals surface area contributed by atoms with E-state index in [0.29, 0.717) is 0 Å². The molecule has 5 rings (SSSR count). The number of ether oxygens (including phenoxy) is 1. The van der Waals surface area contributed by atoms with Crippen LogP contribution in [0, 0.1) is 0 Å². The fourth-order valence-electron chi connectivity index (χ4n) is 6.03. The number of carboxylic acid groups (broad SMARTS) is 1. The molecule has 0 bridgehead atoms. The van der Waals surface area contributed by atoms with Crippen molar-refractivity contribution < 1.29 is 53.6 Å². The van der Waals surface area contributed by atoms with E-state index in [2.05, 4.69) is 10.6 Å². The molecule has 0 radical (unpaired) electrons. The van der Waals surface area contributed by atoms with Crippen molar-refractivity contribution in [2.45, 2.75) is 41.7 Å². The van der Waals surface area contributed by atoms with Gasteiger partial charge in [0.2, 0.25) is 18.0 Å². The lowest BCUT2D eigenvalue weighted by Crippen LogP contribution is -2.75. The van der Waals surface area contributed by atoms with Crippen molar-refractivity contribution in [2.75, 3.05) is 26.2 Å². The van der Waals surface area contributed by atoms with Crippen molar-refractivity contribution in [1.82, 2.24) is 25.3 Å². The van der Waals surface area contributed by atoms with E-state index in [-0.39, 0.29) is 37.2 Å². The first-order valence-corrected chi connectivity index (χ1v) is 15.3. The number of hydrogen-bond donors (Lipinski definition) is 5. The average molecular weight is 670 g/mol. The Balaban J connectivity index is 1.41. The molecule has 1 unspecified atom stereocenters. The molecule has 0 aromatic heterocycles. The van der Waals surface area contributed by atoms with Gasteiger partial charge in [-0.3, -0.25) is 28.9 Å². The number of fused-ring (bicyclic) bond motifs is 1. The Morgan fingerprint density at radius 1 is 1.06 bits per heavy atom. The third-order valence-electron chi connectivity index (χ3n) is 8.43. The van der Waals surface area contributed by atoms with Crippen LogP contribution in [0.15, 0.2) is 48.5 Å². The molecule has 17 heteroatoms. The smallest absolute Gasteiger partial charge is 0.338 e. The highest BCUT2D eigenvalue weighted by Crippen LogP contribution is 2.51. The van der Waals surface area contributed by atoms with E-state index in [1.807, 2.05) is 0 Å². The number of thioether (sulfide) groups is 1. The molecule has 3 saturated heterocycles. The quantitative estimate of drug-likeness (QED) is 0.0649. The van der Waals surface area contributed by atoms with Gasteiger partial charge in [0.15, 0.2) is 11.5 Å². The fourth-order valence-corrected chi connectivity index (χ4v) is 7.71. The molecule has 5 amide bonds. The van der Waals surface area contributed by atoms with Crippen LogP contribution in [0.25, 0.3) is 0 Å². The second-order valence-electron chi connectivity index (χ2n) is 11.2. The number of carbonyl (C=O) groups is 7. The molecular weight excluding hydrogens is 638 g/mol. The number of phenolic OH excluding ortho intramolecular Hbond substituents is 2. The number of esters is 1. The number of piperazine rings is 1. The van der Waals surface area contributed by atoms with Gasteiger partial charge in [-0.2, -0.15) is 0 Å². The van der Waals surface area contributed by atoms with E-state index in [1.165, 1.54) is 30.0 Å². The highest BCUT2D eigenvalue weighted by molar-refractivity contribution is 8.01. The fraction of sp³-hybridized carbons (Fsp3) is 0.367. The van der Waals surface area contributed by atoms with E-state index in [1.54, 1.807) is 25.1 Å². The van der Waals surface area contributed by atoms with Crippen molar-refractivity contribution in [3.05, 3.63) is 59.7 Å². The number of likely N-dealkylation sites (N-methyl/N-ethyl adjacent to an activating group) is 1. The molecule has 5 atom stereocenters. The van der Waals surface area contributed by atoms with Gasteiger partial charge in [0.25, 0.3) is 5.91 Å². The molecule has 0 saturated carbocycles. The maximum Gasteiger partial charge on any atom is 0.338 e. The Morgan fingerprint density at radius 3 is 2.38 bits per heavy atom. The number of aliphatic carboxylic acids is 1. The zero-order valence-corrected chi connectivity index (χ0v) is 25.9. The van der Waals surface area contributed by atoms with Gasteiger partial charge in [0, 0.05) is 25.2 Å². The molecule has 0 aliphatic carbocycles. The summed E-state index contributed by atoms with van der Waals surface area (Å²) < 4.78 is 3.95. The molecule has 16 nitrogen and oxygen atoms in total. The monoisotopic (exact) mass is 669 g/mol. The summed E-state index contributed by atoms with van der Waals surface area (Å²) in [5.41, 5.74) is -2.24.